The minimum absolute atomic E-state index is 0.110. The number of rotatable bonds is 4. The Kier molecular flexibility index (Phi) is 3.43. The molecule has 0 aliphatic heterocycles. The standard InChI is InChI=1S/C15H14N2O4/c18-14(11-5-3-9-2-1-7-16-13(9)11)17-8-10-4-6-12(21-10)15(19)20/h1-2,4,6-7,11H,3,5,8H2,(H,17,18)(H,19,20). The van der Waals surface area contributed by atoms with Crippen LogP contribution in [0.25, 0.3) is 0 Å². The fourth-order valence-corrected chi connectivity index (χ4v) is 2.55. The van der Waals surface area contributed by atoms with Crippen molar-refractivity contribution in [3.05, 3.63) is 53.2 Å². The number of aromatic carboxylic acids is 1. The van der Waals surface area contributed by atoms with Crippen molar-refractivity contribution in [2.75, 3.05) is 0 Å². The highest BCUT2D eigenvalue weighted by molar-refractivity contribution is 5.85. The van der Waals surface area contributed by atoms with Gasteiger partial charge in [-0.15, -0.1) is 0 Å². The van der Waals surface area contributed by atoms with E-state index in [9.17, 15) is 9.59 Å². The van der Waals surface area contributed by atoms with E-state index in [0.717, 1.165) is 24.1 Å². The fraction of sp³-hybridized carbons (Fsp3) is 0.267. The van der Waals surface area contributed by atoms with Gasteiger partial charge >= 0.3 is 5.97 Å². The highest BCUT2D eigenvalue weighted by Gasteiger charge is 2.29. The zero-order valence-corrected chi connectivity index (χ0v) is 11.2. The molecule has 1 atom stereocenters. The molecule has 0 saturated carbocycles. The Balaban J connectivity index is 1.63. The van der Waals surface area contributed by atoms with E-state index >= 15 is 0 Å². The summed E-state index contributed by atoms with van der Waals surface area (Å²) in [5.74, 6) is -1.19. The summed E-state index contributed by atoms with van der Waals surface area (Å²) in [4.78, 5) is 27.2. The normalized spacial score (nSPS) is 16.5. The van der Waals surface area contributed by atoms with Crippen molar-refractivity contribution in [1.29, 1.82) is 0 Å². The Hall–Kier alpha value is -2.63. The van der Waals surface area contributed by atoms with E-state index in [4.69, 9.17) is 9.52 Å². The minimum Gasteiger partial charge on any atom is -0.475 e. The van der Waals surface area contributed by atoms with Gasteiger partial charge in [0.15, 0.2) is 0 Å². The number of nitrogens with zero attached hydrogens (tertiary/aromatic N) is 1. The molecule has 1 amide bonds. The third kappa shape index (κ3) is 2.65. The molecule has 108 valence electrons. The maximum absolute atomic E-state index is 12.2. The number of aryl methyl sites for hydroxylation is 1. The lowest BCUT2D eigenvalue weighted by Gasteiger charge is -2.10. The van der Waals surface area contributed by atoms with Crippen LogP contribution in [0.2, 0.25) is 0 Å². The van der Waals surface area contributed by atoms with E-state index in [1.165, 1.54) is 6.07 Å². The second-order valence-electron chi connectivity index (χ2n) is 4.93. The number of pyridine rings is 1. The van der Waals surface area contributed by atoms with Crippen LogP contribution < -0.4 is 5.32 Å². The molecule has 1 aliphatic carbocycles. The molecule has 2 aromatic heterocycles. The van der Waals surface area contributed by atoms with Crippen LogP contribution >= 0.6 is 0 Å². The van der Waals surface area contributed by atoms with Crippen LogP contribution in [0.15, 0.2) is 34.9 Å². The first-order valence-corrected chi connectivity index (χ1v) is 6.68. The monoisotopic (exact) mass is 286 g/mol. The number of hydrogen-bond donors (Lipinski definition) is 2. The second kappa shape index (κ2) is 5.40. The molecule has 0 fully saturated rings. The van der Waals surface area contributed by atoms with Gasteiger partial charge < -0.3 is 14.8 Å². The second-order valence-corrected chi connectivity index (χ2v) is 4.93. The van der Waals surface area contributed by atoms with Crippen LogP contribution in [0.1, 0.15) is 39.9 Å². The van der Waals surface area contributed by atoms with Gasteiger partial charge in [-0.05, 0) is 36.6 Å². The molecule has 2 heterocycles. The van der Waals surface area contributed by atoms with Crippen molar-refractivity contribution in [1.82, 2.24) is 10.3 Å². The molecule has 1 aliphatic rings. The zero-order valence-electron chi connectivity index (χ0n) is 11.2. The van der Waals surface area contributed by atoms with Gasteiger partial charge in [0.2, 0.25) is 11.7 Å². The van der Waals surface area contributed by atoms with E-state index in [1.54, 1.807) is 12.3 Å². The molecular formula is C15H14N2O4. The maximum atomic E-state index is 12.2. The first kappa shape index (κ1) is 13.4. The van der Waals surface area contributed by atoms with Gasteiger partial charge in [0.05, 0.1) is 18.2 Å². The van der Waals surface area contributed by atoms with Gasteiger partial charge in [-0.2, -0.15) is 0 Å². The Labute approximate surface area is 120 Å². The molecule has 3 rings (SSSR count). The molecule has 2 aromatic rings. The minimum atomic E-state index is -1.12. The van der Waals surface area contributed by atoms with Crippen LogP contribution in [-0.2, 0) is 17.8 Å². The van der Waals surface area contributed by atoms with E-state index in [-0.39, 0.29) is 24.1 Å². The number of carboxylic acid groups (broad SMARTS) is 1. The topological polar surface area (TPSA) is 92.4 Å². The van der Waals surface area contributed by atoms with Gasteiger partial charge in [-0.25, -0.2) is 4.79 Å². The van der Waals surface area contributed by atoms with Crippen LogP contribution in [0, 0.1) is 0 Å². The Morgan fingerprint density at radius 3 is 3.00 bits per heavy atom. The van der Waals surface area contributed by atoms with Crippen molar-refractivity contribution in [2.45, 2.75) is 25.3 Å². The number of carboxylic acids is 1. The van der Waals surface area contributed by atoms with Gasteiger partial charge in [0, 0.05) is 6.20 Å². The number of furan rings is 1. The predicted molar refractivity (Wildman–Crippen MR) is 72.8 cm³/mol. The van der Waals surface area contributed by atoms with Crippen molar-refractivity contribution in [3.8, 4) is 0 Å². The van der Waals surface area contributed by atoms with Crippen molar-refractivity contribution >= 4 is 11.9 Å². The first-order chi connectivity index (χ1) is 10.1. The average molecular weight is 286 g/mol. The molecule has 0 spiro atoms. The van der Waals surface area contributed by atoms with Gasteiger partial charge in [0.1, 0.15) is 5.76 Å². The SMILES string of the molecule is O=C(O)c1ccc(CNC(=O)C2CCc3cccnc32)o1. The number of hydrogen-bond acceptors (Lipinski definition) is 4. The summed E-state index contributed by atoms with van der Waals surface area (Å²) in [6.45, 7) is 0.171. The van der Waals surface area contributed by atoms with Crippen molar-refractivity contribution < 1.29 is 19.1 Å². The molecule has 0 radical (unpaired) electrons. The number of fused-ring (bicyclic) bond motifs is 1. The molecular weight excluding hydrogens is 272 g/mol. The third-order valence-corrected chi connectivity index (χ3v) is 3.58. The Morgan fingerprint density at radius 2 is 2.24 bits per heavy atom. The lowest BCUT2D eigenvalue weighted by molar-refractivity contribution is -0.122. The molecule has 2 N–H and O–H groups in total. The molecule has 6 heteroatoms. The summed E-state index contributed by atoms with van der Waals surface area (Å²) in [5, 5.41) is 11.5. The highest BCUT2D eigenvalue weighted by Crippen LogP contribution is 2.31. The lowest BCUT2D eigenvalue weighted by atomic mass is 10.1. The van der Waals surface area contributed by atoms with Gasteiger partial charge in [-0.3, -0.25) is 9.78 Å². The summed E-state index contributed by atoms with van der Waals surface area (Å²) >= 11 is 0. The largest absolute Gasteiger partial charge is 0.475 e. The molecule has 21 heavy (non-hydrogen) atoms. The Bertz CT molecular complexity index is 692. The van der Waals surface area contributed by atoms with Crippen LogP contribution in [-0.4, -0.2) is 22.0 Å². The number of aromatic nitrogens is 1. The molecule has 1 unspecified atom stereocenters. The molecule has 0 aromatic carbocycles. The summed E-state index contributed by atoms with van der Waals surface area (Å²) in [5.41, 5.74) is 1.95. The van der Waals surface area contributed by atoms with Crippen LogP contribution in [0.4, 0.5) is 0 Å². The van der Waals surface area contributed by atoms with Crippen molar-refractivity contribution in [2.24, 2.45) is 0 Å². The maximum Gasteiger partial charge on any atom is 0.371 e. The first-order valence-electron chi connectivity index (χ1n) is 6.68. The van der Waals surface area contributed by atoms with E-state index in [1.807, 2.05) is 12.1 Å². The molecule has 0 saturated heterocycles. The summed E-state index contributed by atoms with van der Waals surface area (Å²) in [6.07, 6.45) is 3.29. The number of amides is 1. The Morgan fingerprint density at radius 1 is 1.38 bits per heavy atom. The van der Waals surface area contributed by atoms with Crippen LogP contribution in [0.3, 0.4) is 0 Å². The summed E-state index contributed by atoms with van der Waals surface area (Å²) < 4.78 is 5.10. The zero-order chi connectivity index (χ0) is 14.8. The molecule has 0 bridgehead atoms. The van der Waals surface area contributed by atoms with E-state index in [2.05, 4.69) is 10.3 Å². The lowest BCUT2D eigenvalue weighted by Crippen LogP contribution is -2.28. The van der Waals surface area contributed by atoms with Crippen LogP contribution in [0.5, 0.6) is 0 Å². The summed E-state index contributed by atoms with van der Waals surface area (Å²) in [7, 11) is 0. The van der Waals surface area contributed by atoms with E-state index < -0.39 is 5.97 Å². The number of carbonyl (C=O) groups excluding carboxylic acids is 1. The van der Waals surface area contributed by atoms with Gasteiger partial charge in [-0.1, -0.05) is 6.07 Å². The third-order valence-electron chi connectivity index (χ3n) is 3.58. The quantitative estimate of drug-likeness (QED) is 0.892. The number of carbonyl (C=O) groups is 2. The highest BCUT2D eigenvalue weighted by atomic mass is 16.4. The van der Waals surface area contributed by atoms with Gasteiger partial charge in [0.25, 0.3) is 0 Å². The number of nitrogens with one attached hydrogen (secondary N) is 1. The van der Waals surface area contributed by atoms with Crippen molar-refractivity contribution in [3.63, 3.8) is 0 Å². The molecule has 6 nitrogen and oxygen atoms in total. The smallest absolute Gasteiger partial charge is 0.371 e. The predicted octanol–water partition coefficient (Wildman–Crippen LogP) is 1.72. The van der Waals surface area contributed by atoms with E-state index in [0.29, 0.717) is 5.76 Å². The fourth-order valence-electron chi connectivity index (χ4n) is 2.55. The average Bonchev–Trinajstić information content (AvgIpc) is 3.11. The summed E-state index contributed by atoms with van der Waals surface area (Å²) in [6, 6.07) is 6.78.